The zero-order valence-electron chi connectivity index (χ0n) is 16.6. The van der Waals surface area contributed by atoms with Gasteiger partial charge in [0.15, 0.2) is 11.5 Å². The summed E-state index contributed by atoms with van der Waals surface area (Å²) in [4.78, 5) is 28.6. The largest absolute Gasteiger partial charge is 0.493 e. The number of benzene rings is 1. The van der Waals surface area contributed by atoms with Crippen LogP contribution in [-0.2, 0) is 14.3 Å². The van der Waals surface area contributed by atoms with Crippen LogP contribution in [-0.4, -0.2) is 81.8 Å². The van der Waals surface area contributed by atoms with Gasteiger partial charge in [0.2, 0.25) is 0 Å². The third kappa shape index (κ3) is 4.74. The van der Waals surface area contributed by atoms with Gasteiger partial charge in [0, 0.05) is 32.7 Å². The Kier molecular flexibility index (Phi) is 7.11. The highest BCUT2D eigenvalue weighted by Crippen LogP contribution is 2.32. The maximum Gasteiger partial charge on any atom is 0.311 e. The average Bonchev–Trinajstić information content (AvgIpc) is 3.28. The number of carbonyl (C=O) groups excluding carboxylic acids is 2. The normalized spacial score (nSPS) is 18.6. The van der Waals surface area contributed by atoms with Gasteiger partial charge >= 0.3 is 11.8 Å². The van der Waals surface area contributed by atoms with Crippen molar-refractivity contribution < 1.29 is 23.8 Å². The van der Waals surface area contributed by atoms with Crippen LogP contribution in [0, 0.1) is 0 Å². The molecule has 0 spiro atoms. The van der Waals surface area contributed by atoms with Gasteiger partial charge in [0.05, 0.1) is 33.5 Å². The number of hydrogen-bond acceptors (Lipinski definition) is 6. The summed E-state index contributed by atoms with van der Waals surface area (Å²) < 4.78 is 16.2. The lowest BCUT2D eigenvalue weighted by molar-refractivity contribution is -0.145. The lowest BCUT2D eigenvalue weighted by atomic mass is 10.0. The Morgan fingerprint density at radius 3 is 2.39 bits per heavy atom. The molecule has 2 fully saturated rings. The summed E-state index contributed by atoms with van der Waals surface area (Å²) in [5.41, 5.74) is 0.994. The summed E-state index contributed by atoms with van der Waals surface area (Å²) in [6, 6.07) is 5.67. The van der Waals surface area contributed by atoms with Crippen LogP contribution in [0.25, 0.3) is 0 Å². The molecule has 0 bridgehead atoms. The molecule has 1 unspecified atom stereocenters. The molecule has 8 nitrogen and oxygen atoms in total. The van der Waals surface area contributed by atoms with Crippen molar-refractivity contribution in [2.24, 2.45) is 0 Å². The summed E-state index contributed by atoms with van der Waals surface area (Å²) >= 11 is 0. The predicted molar refractivity (Wildman–Crippen MR) is 104 cm³/mol. The summed E-state index contributed by atoms with van der Waals surface area (Å²) in [5, 5.41) is 2.84. The molecule has 0 saturated carbocycles. The van der Waals surface area contributed by atoms with Gasteiger partial charge < -0.3 is 24.4 Å². The molecule has 2 heterocycles. The number of hydrogen-bond donors (Lipinski definition) is 1. The molecule has 1 N–H and O–H groups in total. The molecule has 2 aliphatic rings. The molecule has 1 aromatic carbocycles. The van der Waals surface area contributed by atoms with E-state index in [4.69, 9.17) is 14.2 Å². The molecule has 1 atom stereocenters. The summed E-state index contributed by atoms with van der Waals surface area (Å²) in [6.07, 6.45) is 1.92. The molecule has 0 aromatic heterocycles. The Labute approximate surface area is 165 Å². The third-order valence-corrected chi connectivity index (χ3v) is 5.32. The summed E-state index contributed by atoms with van der Waals surface area (Å²) in [7, 11) is 3.20. The minimum Gasteiger partial charge on any atom is -0.493 e. The molecule has 2 saturated heterocycles. The predicted octanol–water partition coefficient (Wildman–Crippen LogP) is 0.816. The SMILES string of the molecule is COc1ccc(C(CNC(=O)C(=O)N2CCCC2)N2CCOCC2)cc1OC. The van der Waals surface area contributed by atoms with Crippen LogP contribution in [0.1, 0.15) is 24.4 Å². The van der Waals surface area contributed by atoms with E-state index in [0.29, 0.717) is 44.3 Å². The average molecular weight is 391 g/mol. The van der Waals surface area contributed by atoms with Gasteiger partial charge in [-0.15, -0.1) is 0 Å². The van der Waals surface area contributed by atoms with E-state index in [1.54, 1.807) is 19.1 Å². The topological polar surface area (TPSA) is 80.3 Å². The van der Waals surface area contributed by atoms with E-state index in [9.17, 15) is 9.59 Å². The molecule has 0 radical (unpaired) electrons. The van der Waals surface area contributed by atoms with Gasteiger partial charge in [-0.3, -0.25) is 14.5 Å². The summed E-state index contributed by atoms with van der Waals surface area (Å²) in [5.74, 6) is 0.309. The van der Waals surface area contributed by atoms with Crippen molar-refractivity contribution in [3.63, 3.8) is 0 Å². The first-order valence-corrected chi connectivity index (χ1v) is 9.75. The van der Waals surface area contributed by atoms with E-state index in [2.05, 4.69) is 10.2 Å². The maximum absolute atomic E-state index is 12.4. The first-order valence-electron chi connectivity index (χ1n) is 9.75. The first kappa shape index (κ1) is 20.4. The molecule has 2 amide bonds. The Morgan fingerprint density at radius 2 is 1.75 bits per heavy atom. The van der Waals surface area contributed by atoms with Crippen molar-refractivity contribution in [3.05, 3.63) is 23.8 Å². The molecule has 28 heavy (non-hydrogen) atoms. The lowest BCUT2D eigenvalue weighted by Crippen LogP contribution is -2.47. The standard InChI is InChI=1S/C20H29N3O5/c1-26-17-6-5-15(13-18(17)27-2)16(22-9-11-28-12-10-22)14-21-19(24)20(25)23-7-3-4-8-23/h5-6,13,16H,3-4,7-12,14H2,1-2H3,(H,21,24). The number of amides is 2. The number of methoxy groups -OCH3 is 2. The van der Waals surface area contributed by atoms with Gasteiger partial charge in [-0.25, -0.2) is 0 Å². The zero-order chi connectivity index (χ0) is 19.9. The van der Waals surface area contributed by atoms with Crippen molar-refractivity contribution in [2.45, 2.75) is 18.9 Å². The number of morpholine rings is 1. The molecule has 2 aliphatic heterocycles. The quantitative estimate of drug-likeness (QED) is 0.723. The van der Waals surface area contributed by atoms with E-state index >= 15 is 0 Å². The lowest BCUT2D eigenvalue weighted by Gasteiger charge is -2.35. The number of ether oxygens (including phenoxy) is 3. The Morgan fingerprint density at radius 1 is 1.07 bits per heavy atom. The molecule has 3 rings (SSSR count). The number of nitrogens with one attached hydrogen (secondary N) is 1. The third-order valence-electron chi connectivity index (χ3n) is 5.32. The molecular formula is C20H29N3O5. The van der Waals surface area contributed by atoms with Crippen LogP contribution in [0.2, 0.25) is 0 Å². The van der Waals surface area contributed by atoms with Crippen molar-refractivity contribution in [1.29, 1.82) is 0 Å². The first-order chi connectivity index (χ1) is 13.6. The van der Waals surface area contributed by atoms with E-state index in [1.165, 1.54) is 0 Å². The van der Waals surface area contributed by atoms with Gasteiger partial charge in [0.25, 0.3) is 0 Å². The molecular weight excluding hydrogens is 362 g/mol. The highest BCUT2D eigenvalue weighted by Gasteiger charge is 2.28. The fourth-order valence-corrected chi connectivity index (χ4v) is 3.74. The Hall–Kier alpha value is -2.32. The number of carbonyl (C=O) groups is 2. The summed E-state index contributed by atoms with van der Waals surface area (Å²) in [6.45, 7) is 4.47. The van der Waals surface area contributed by atoms with Crippen molar-refractivity contribution in [2.75, 3.05) is 60.2 Å². The van der Waals surface area contributed by atoms with Crippen LogP contribution >= 0.6 is 0 Å². The fraction of sp³-hybridized carbons (Fsp3) is 0.600. The van der Waals surface area contributed by atoms with Gasteiger partial charge in [-0.05, 0) is 30.5 Å². The van der Waals surface area contributed by atoms with E-state index < -0.39 is 11.8 Å². The van der Waals surface area contributed by atoms with Gasteiger partial charge in [-0.2, -0.15) is 0 Å². The molecule has 1 aromatic rings. The Bertz CT molecular complexity index is 684. The highest BCUT2D eigenvalue weighted by atomic mass is 16.5. The van der Waals surface area contributed by atoms with Crippen LogP contribution < -0.4 is 14.8 Å². The van der Waals surface area contributed by atoms with Crippen molar-refractivity contribution in [3.8, 4) is 11.5 Å². The molecule has 154 valence electrons. The minimum atomic E-state index is -0.541. The van der Waals surface area contributed by atoms with E-state index in [-0.39, 0.29) is 6.04 Å². The van der Waals surface area contributed by atoms with E-state index in [1.807, 2.05) is 18.2 Å². The molecule has 0 aliphatic carbocycles. The smallest absolute Gasteiger partial charge is 0.311 e. The van der Waals surface area contributed by atoms with Crippen LogP contribution in [0.3, 0.4) is 0 Å². The monoisotopic (exact) mass is 391 g/mol. The minimum absolute atomic E-state index is 0.0842. The van der Waals surface area contributed by atoms with Crippen LogP contribution in [0.15, 0.2) is 18.2 Å². The second-order valence-corrected chi connectivity index (χ2v) is 6.99. The second-order valence-electron chi connectivity index (χ2n) is 6.99. The Balaban J connectivity index is 1.73. The number of likely N-dealkylation sites (tertiary alicyclic amines) is 1. The maximum atomic E-state index is 12.4. The van der Waals surface area contributed by atoms with Gasteiger partial charge in [0.1, 0.15) is 0 Å². The van der Waals surface area contributed by atoms with Crippen molar-refractivity contribution in [1.82, 2.24) is 15.1 Å². The highest BCUT2D eigenvalue weighted by molar-refractivity contribution is 6.35. The van der Waals surface area contributed by atoms with Crippen molar-refractivity contribution >= 4 is 11.8 Å². The fourth-order valence-electron chi connectivity index (χ4n) is 3.74. The number of rotatable bonds is 6. The van der Waals surface area contributed by atoms with E-state index in [0.717, 1.165) is 31.5 Å². The van der Waals surface area contributed by atoms with Crippen LogP contribution in [0.5, 0.6) is 11.5 Å². The van der Waals surface area contributed by atoms with Crippen LogP contribution in [0.4, 0.5) is 0 Å². The number of nitrogens with zero attached hydrogens (tertiary/aromatic N) is 2. The second kappa shape index (κ2) is 9.75. The molecule has 8 heteroatoms. The zero-order valence-corrected chi connectivity index (χ0v) is 16.6. The van der Waals surface area contributed by atoms with Gasteiger partial charge in [-0.1, -0.05) is 6.07 Å².